The van der Waals surface area contributed by atoms with Gasteiger partial charge in [-0.05, 0) is 55.5 Å². The summed E-state index contributed by atoms with van der Waals surface area (Å²) in [7, 11) is 1.65. The molecule has 0 unspecified atom stereocenters. The molecule has 0 saturated carbocycles. The zero-order valence-corrected chi connectivity index (χ0v) is 22.1. The van der Waals surface area contributed by atoms with Crippen LogP contribution in [-0.4, -0.2) is 50.1 Å². The van der Waals surface area contributed by atoms with E-state index in [2.05, 4.69) is 44.9 Å². The van der Waals surface area contributed by atoms with E-state index in [-0.39, 0.29) is 29.9 Å². The molecule has 0 radical (unpaired) electrons. The van der Waals surface area contributed by atoms with Crippen LogP contribution in [0.3, 0.4) is 0 Å². The van der Waals surface area contributed by atoms with Crippen LogP contribution in [0.2, 0.25) is 0 Å². The fourth-order valence-electron chi connectivity index (χ4n) is 3.85. The van der Waals surface area contributed by atoms with Crippen molar-refractivity contribution in [3.8, 4) is 0 Å². The molecule has 1 amide bonds. The summed E-state index contributed by atoms with van der Waals surface area (Å²) >= 11 is 0. The van der Waals surface area contributed by atoms with Crippen LogP contribution in [0.5, 0.6) is 0 Å². The summed E-state index contributed by atoms with van der Waals surface area (Å²) in [6.45, 7) is 6.37. The number of halogens is 1. The van der Waals surface area contributed by atoms with Crippen molar-refractivity contribution in [3.63, 3.8) is 0 Å². The van der Waals surface area contributed by atoms with Crippen LogP contribution >= 0.6 is 24.0 Å². The van der Waals surface area contributed by atoms with Gasteiger partial charge in [0, 0.05) is 45.0 Å². The Balaban J connectivity index is 0.00000385. The van der Waals surface area contributed by atoms with E-state index in [4.69, 9.17) is 4.99 Å². The highest BCUT2D eigenvalue weighted by atomic mass is 127. The highest BCUT2D eigenvalue weighted by molar-refractivity contribution is 14.0. The summed E-state index contributed by atoms with van der Waals surface area (Å²) in [5.41, 5.74) is 2.89. The number of carbonyl (C=O) groups is 1. The SMILES string of the molecule is CCNC(=NCc1ccc(N2CCCCCC2)nc1)NCCc1cccc(C(=O)NC)c1.I. The number of carbonyl (C=O) groups excluding carboxylic acids is 1. The number of nitrogens with zero attached hydrogens (tertiary/aromatic N) is 3. The Bertz CT molecular complexity index is 879. The van der Waals surface area contributed by atoms with Crippen molar-refractivity contribution >= 4 is 41.7 Å². The van der Waals surface area contributed by atoms with Gasteiger partial charge in [0.1, 0.15) is 5.82 Å². The van der Waals surface area contributed by atoms with Gasteiger partial charge in [0.25, 0.3) is 5.91 Å². The van der Waals surface area contributed by atoms with Gasteiger partial charge < -0.3 is 20.9 Å². The number of anilines is 1. The largest absolute Gasteiger partial charge is 0.357 e. The first-order valence-electron chi connectivity index (χ1n) is 11.7. The molecular weight excluding hydrogens is 527 g/mol. The molecule has 0 bridgehead atoms. The Hall–Kier alpha value is -2.36. The van der Waals surface area contributed by atoms with E-state index < -0.39 is 0 Å². The minimum atomic E-state index is -0.0646. The van der Waals surface area contributed by atoms with Gasteiger partial charge in [-0.25, -0.2) is 9.98 Å². The minimum Gasteiger partial charge on any atom is -0.357 e. The van der Waals surface area contributed by atoms with Crippen molar-refractivity contribution in [2.24, 2.45) is 4.99 Å². The summed E-state index contributed by atoms with van der Waals surface area (Å²) in [5, 5.41) is 9.34. The van der Waals surface area contributed by atoms with Crippen molar-refractivity contribution in [2.45, 2.75) is 45.6 Å². The molecule has 2 aromatic rings. The number of aromatic nitrogens is 1. The average Bonchev–Trinajstić information content (AvgIpc) is 3.12. The molecule has 3 N–H and O–H groups in total. The normalized spacial score (nSPS) is 14.1. The Morgan fingerprint density at radius 3 is 2.52 bits per heavy atom. The number of guanidine groups is 1. The van der Waals surface area contributed by atoms with Crippen molar-refractivity contribution < 1.29 is 4.79 Å². The van der Waals surface area contributed by atoms with Gasteiger partial charge >= 0.3 is 0 Å². The summed E-state index contributed by atoms with van der Waals surface area (Å²) in [6.07, 6.45) is 7.90. The molecule has 0 atom stereocenters. The monoisotopic (exact) mass is 564 g/mol. The predicted octanol–water partition coefficient (Wildman–Crippen LogP) is 3.74. The number of hydrogen-bond donors (Lipinski definition) is 3. The zero-order chi connectivity index (χ0) is 22.6. The van der Waals surface area contributed by atoms with Crippen LogP contribution in [0.15, 0.2) is 47.6 Å². The van der Waals surface area contributed by atoms with E-state index in [0.717, 1.165) is 55.5 Å². The molecule has 7 nitrogen and oxygen atoms in total. The van der Waals surface area contributed by atoms with Gasteiger partial charge in [0.05, 0.1) is 6.54 Å². The van der Waals surface area contributed by atoms with Crippen LogP contribution in [-0.2, 0) is 13.0 Å². The number of rotatable bonds is 8. The molecule has 1 aromatic carbocycles. The lowest BCUT2D eigenvalue weighted by Gasteiger charge is -2.21. The van der Waals surface area contributed by atoms with E-state index in [1.807, 2.05) is 30.5 Å². The first kappa shape index (κ1) is 26.9. The molecule has 1 fully saturated rings. The molecule has 1 aliphatic rings. The lowest BCUT2D eigenvalue weighted by Crippen LogP contribution is -2.38. The third-order valence-electron chi connectivity index (χ3n) is 5.63. The average molecular weight is 565 g/mol. The van der Waals surface area contributed by atoms with E-state index in [9.17, 15) is 4.79 Å². The maximum absolute atomic E-state index is 11.8. The molecule has 1 aromatic heterocycles. The summed E-state index contributed by atoms with van der Waals surface area (Å²) in [5.74, 6) is 1.79. The molecule has 1 saturated heterocycles. The quantitative estimate of drug-likeness (QED) is 0.259. The Labute approximate surface area is 214 Å². The molecule has 0 aliphatic carbocycles. The van der Waals surface area contributed by atoms with Crippen LogP contribution in [0.25, 0.3) is 0 Å². The highest BCUT2D eigenvalue weighted by Gasteiger charge is 2.10. The number of hydrogen-bond acceptors (Lipinski definition) is 4. The molecule has 33 heavy (non-hydrogen) atoms. The lowest BCUT2D eigenvalue weighted by atomic mass is 10.1. The molecular formula is C25H37IN6O. The molecule has 1 aliphatic heterocycles. The van der Waals surface area contributed by atoms with Gasteiger partial charge in [-0.1, -0.05) is 31.0 Å². The molecule has 3 rings (SSSR count). The van der Waals surface area contributed by atoms with E-state index in [1.54, 1.807) is 7.05 Å². The van der Waals surface area contributed by atoms with Gasteiger partial charge in [0.2, 0.25) is 0 Å². The molecule has 180 valence electrons. The first-order chi connectivity index (χ1) is 15.7. The summed E-state index contributed by atoms with van der Waals surface area (Å²) in [4.78, 5) is 23.6. The number of aliphatic imine (C=N–C) groups is 1. The van der Waals surface area contributed by atoms with Crippen molar-refractivity contribution in [3.05, 3.63) is 59.3 Å². The smallest absolute Gasteiger partial charge is 0.251 e. The second-order valence-electron chi connectivity index (χ2n) is 8.08. The Morgan fingerprint density at radius 2 is 1.85 bits per heavy atom. The summed E-state index contributed by atoms with van der Waals surface area (Å²) in [6, 6.07) is 12.0. The highest BCUT2D eigenvalue weighted by Crippen LogP contribution is 2.17. The van der Waals surface area contributed by atoms with Crippen LogP contribution in [0, 0.1) is 0 Å². The van der Waals surface area contributed by atoms with E-state index >= 15 is 0 Å². The number of benzene rings is 1. The molecule has 8 heteroatoms. The number of pyridine rings is 1. The first-order valence-corrected chi connectivity index (χ1v) is 11.7. The lowest BCUT2D eigenvalue weighted by molar-refractivity contribution is 0.0963. The second-order valence-corrected chi connectivity index (χ2v) is 8.08. The van der Waals surface area contributed by atoms with Crippen molar-refractivity contribution in [1.29, 1.82) is 0 Å². The van der Waals surface area contributed by atoms with Gasteiger partial charge in [0.15, 0.2) is 5.96 Å². The van der Waals surface area contributed by atoms with Crippen LogP contribution < -0.4 is 20.9 Å². The van der Waals surface area contributed by atoms with Crippen LogP contribution in [0.4, 0.5) is 5.82 Å². The number of nitrogens with one attached hydrogen (secondary N) is 3. The van der Waals surface area contributed by atoms with Crippen LogP contribution in [0.1, 0.15) is 54.1 Å². The maximum Gasteiger partial charge on any atom is 0.251 e. The van der Waals surface area contributed by atoms with Gasteiger partial charge in [-0.2, -0.15) is 0 Å². The third-order valence-corrected chi connectivity index (χ3v) is 5.63. The van der Waals surface area contributed by atoms with Crippen molar-refractivity contribution in [1.82, 2.24) is 20.9 Å². The van der Waals surface area contributed by atoms with Gasteiger partial charge in [-0.15, -0.1) is 24.0 Å². The summed E-state index contributed by atoms with van der Waals surface area (Å²) < 4.78 is 0. The van der Waals surface area contributed by atoms with E-state index in [1.165, 1.54) is 25.7 Å². The van der Waals surface area contributed by atoms with Crippen molar-refractivity contribution in [2.75, 3.05) is 38.1 Å². The molecule has 2 heterocycles. The second kappa shape index (κ2) is 14.7. The Morgan fingerprint density at radius 1 is 1.06 bits per heavy atom. The topological polar surface area (TPSA) is 81.7 Å². The zero-order valence-electron chi connectivity index (χ0n) is 19.8. The Kier molecular flexibility index (Phi) is 12.0. The maximum atomic E-state index is 11.8. The third kappa shape index (κ3) is 8.83. The fraction of sp³-hybridized carbons (Fsp3) is 0.480. The fourth-order valence-corrected chi connectivity index (χ4v) is 3.85. The predicted molar refractivity (Wildman–Crippen MR) is 147 cm³/mol. The minimum absolute atomic E-state index is 0. The molecule has 0 spiro atoms. The standard InChI is InChI=1S/C25H36N6O.HI/c1-3-27-25(28-14-13-20-9-8-10-22(17-20)24(32)26-2)30-19-21-11-12-23(29-18-21)31-15-6-4-5-7-16-31;/h8-12,17-18H,3-7,13-16,19H2,1-2H3,(H,26,32)(H2,27,28,30);1H. The number of amides is 1. The van der Waals surface area contributed by atoms with Gasteiger partial charge in [-0.3, -0.25) is 4.79 Å². The van der Waals surface area contributed by atoms with E-state index in [0.29, 0.717) is 12.1 Å².